The van der Waals surface area contributed by atoms with Gasteiger partial charge >= 0.3 is 12.1 Å². The highest BCUT2D eigenvalue weighted by Gasteiger charge is 2.30. The summed E-state index contributed by atoms with van der Waals surface area (Å²) in [5, 5.41) is 14.6. The van der Waals surface area contributed by atoms with Crippen molar-refractivity contribution in [1.29, 1.82) is 0 Å². The Bertz CT molecular complexity index is 475. The summed E-state index contributed by atoms with van der Waals surface area (Å²) in [4.78, 5) is 34.0. The summed E-state index contributed by atoms with van der Waals surface area (Å²) in [6, 6.07) is -1.21. The van der Waals surface area contributed by atoms with Crippen LogP contribution in [0.4, 0.5) is 4.79 Å². The molecule has 3 N–H and O–H groups in total. The van der Waals surface area contributed by atoms with Crippen LogP contribution in [0.25, 0.3) is 0 Å². The molecule has 0 aliphatic carbocycles. The number of carbonyl (C=O) groups is 3. The van der Waals surface area contributed by atoms with E-state index in [0.29, 0.717) is 6.42 Å². The average Bonchev–Trinajstić information content (AvgIpc) is 2.93. The molecule has 4 atom stereocenters. The van der Waals surface area contributed by atoms with Gasteiger partial charge in [-0.15, -0.1) is 0 Å². The Kier molecular flexibility index (Phi) is 6.55. The van der Waals surface area contributed by atoms with E-state index in [9.17, 15) is 14.4 Å². The van der Waals surface area contributed by atoms with Crippen molar-refractivity contribution >= 4 is 17.8 Å². The molecule has 0 aromatic carbocycles. The van der Waals surface area contributed by atoms with E-state index < -0.39 is 24.1 Å². The van der Waals surface area contributed by atoms with Crippen LogP contribution in [-0.4, -0.2) is 48.2 Å². The molecule has 1 fully saturated rings. The van der Waals surface area contributed by atoms with Crippen molar-refractivity contribution in [1.82, 2.24) is 10.6 Å². The van der Waals surface area contributed by atoms with Crippen LogP contribution in [0.1, 0.15) is 33.6 Å². The third kappa shape index (κ3) is 4.84. The van der Waals surface area contributed by atoms with Crippen molar-refractivity contribution in [3.63, 3.8) is 0 Å². The standard InChI is InChI=1S/C15H24N2O5/c1-8(11-5-6-12(16-11)14(19)20)7-9(2)13(10(3)18)17-15(21)22-4/h7,9,11-13,16H,5-6H2,1-4H3,(H,17,21)(H,19,20)/b8-7+/t9?,11-,12+,13+/m1/s1. The van der Waals surface area contributed by atoms with Crippen LogP contribution >= 0.6 is 0 Å². The predicted octanol–water partition coefficient (Wildman–Crippen LogP) is 1.09. The molecule has 0 saturated carbocycles. The van der Waals surface area contributed by atoms with Gasteiger partial charge in [0.2, 0.25) is 0 Å². The largest absolute Gasteiger partial charge is 0.480 e. The van der Waals surface area contributed by atoms with Crippen LogP contribution in [0.3, 0.4) is 0 Å². The maximum atomic E-state index is 11.7. The maximum absolute atomic E-state index is 11.7. The van der Waals surface area contributed by atoms with Crippen LogP contribution < -0.4 is 10.6 Å². The Morgan fingerprint density at radius 2 is 1.86 bits per heavy atom. The van der Waals surface area contributed by atoms with Gasteiger partial charge in [-0.3, -0.25) is 14.9 Å². The summed E-state index contributed by atoms with van der Waals surface area (Å²) in [5.74, 6) is -1.23. The molecule has 7 heteroatoms. The second-order valence-electron chi connectivity index (χ2n) is 5.68. The van der Waals surface area contributed by atoms with Gasteiger partial charge in [-0.2, -0.15) is 0 Å². The fourth-order valence-corrected chi connectivity index (χ4v) is 2.71. The number of rotatable bonds is 6. The van der Waals surface area contributed by atoms with Gasteiger partial charge < -0.3 is 15.2 Å². The second-order valence-corrected chi connectivity index (χ2v) is 5.68. The fraction of sp³-hybridized carbons (Fsp3) is 0.667. The normalized spacial score (nSPS) is 24.5. The Balaban J connectivity index is 2.74. The summed E-state index contributed by atoms with van der Waals surface area (Å²) in [5.41, 5.74) is 0.967. The van der Waals surface area contributed by atoms with Gasteiger partial charge in [0, 0.05) is 12.0 Å². The number of amides is 1. The number of carbonyl (C=O) groups excluding carboxylic acids is 2. The lowest BCUT2D eigenvalue weighted by atomic mass is 9.94. The third-order valence-corrected chi connectivity index (χ3v) is 3.94. The number of hydrogen-bond acceptors (Lipinski definition) is 5. The third-order valence-electron chi connectivity index (χ3n) is 3.94. The van der Waals surface area contributed by atoms with E-state index in [1.165, 1.54) is 14.0 Å². The lowest BCUT2D eigenvalue weighted by molar-refractivity contribution is -0.139. The zero-order valence-corrected chi connectivity index (χ0v) is 13.4. The minimum atomic E-state index is -0.850. The number of alkyl carbamates (subject to hydrolysis) is 1. The van der Waals surface area contributed by atoms with Crippen LogP contribution in [0.5, 0.6) is 0 Å². The van der Waals surface area contributed by atoms with Crippen molar-refractivity contribution in [2.75, 3.05) is 7.11 Å². The van der Waals surface area contributed by atoms with E-state index in [-0.39, 0.29) is 17.7 Å². The number of carboxylic acid groups (broad SMARTS) is 1. The number of ketones is 1. The van der Waals surface area contributed by atoms with Crippen molar-refractivity contribution < 1.29 is 24.2 Å². The SMILES string of the molecule is COC(=O)N[C@H](C(C)=O)C(C)/C=C(\C)[C@H]1CC[C@@H](C(=O)O)N1. The maximum Gasteiger partial charge on any atom is 0.407 e. The lowest BCUT2D eigenvalue weighted by Crippen LogP contribution is -2.44. The van der Waals surface area contributed by atoms with E-state index in [1.54, 1.807) is 0 Å². The molecule has 0 bridgehead atoms. The van der Waals surface area contributed by atoms with Crippen molar-refractivity contribution in [2.45, 2.75) is 51.7 Å². The van der Waals surface area contributed by atoms with Gasteiger partial charge in [0.15, 0.2) is 5.78 Å². The van der Waals surface area contributed by atoms with Gasteiger partial charge in [0.25, 0.3) is 0 Å². The predicted molar refractivity (Wildman–Crippen MR) is 80.5 cm³/mol. The van der Waals surface area contributed by atoms with Gasteiger partial charge in [0.05, 0.1) is 13.2 Å². The van der Waals surface area contributed by atoms with E-state index in [1.807, 2.05) is 19.9 Å². The number of methoxy groups -OCH3 is 1. The molecule has 1 unspecified atom stereocenters. The number of hydrogen-bond donors (Lipinski definition) is 3. The molecule has 0 aromatic heterocycles. The summed E-state index contributed by atoms with van der Waals surface area (Å²) in [6.07, 6.45) is 2.56. The molecule has 7 nitrogen and oxygen atoms in total. The van der Waals surface area contributed by atoms with Crippen LogP contribution in [-0.2, 0) is 14.3 Å². The molecule has 1 saturated heterocycles. The molecule has 1 aliphatic rings. The first-order chi connectivity index (χ1) is 10.3. The van der Waals surface area contributed by atoms with Gasteiger partial charge in [0.1, 0.15) is 6.04 Å². The summed E-state index contributed by atoms with van der Waals surface area (Å²) < 4.78 is 4.53. The quantitative estimate of drug-likeness (QED) is 0.634. The van der Waals surface area contributed by atoms with E-state index >= 15 is 0 Å². The molecule has 1 heterocycles. The molecule has 0 aromatic rings. The minimum absolute atomic E-state index is 0.0192. The zero-order valence-electron chi connectivity index (χ0n) is 13.4. The van der Waals surface area contributed by atoms with E-state index in [0.717, 1.165) is 12.0 Å². The number of aliphatic carboxylic acids is 1. The second kappa shape index (κ2) is 7.93. The molecule has 1 aliphatic heterocycles. The summed E-state index contributed by atoms with van der Waals surface area (Å²) in [7, 11) is 1.24. The van der Waals surface area contributed by atoms with Gasteiger partial charge in [-0.25, -0.2) is 4.79 Å². The Labute approximate surface area is 130 Å². The average molecular weight is 312 g/mol. The molecule has 22 heavy (non-hydrogen) atoms. The Hall–Kier alpha value is -1.89. The van der Waals surface area contributed by atoms with Gasteiger partial charge in [-0.05, 0) is 26.7 Å². The molecule has 1 amide bonds. The first kappa shape index (κ1) is 18.2. The molecule has 0 radical (unpaired) electrons. The molecule has 0 spiro atoms. The first-order valence-electron chi connectivity index (χ1n) is 7.28. The van der Waals surface area contributed by atoms with Crippen molar-refractivity contribution in [2.24, 2.45) is 5.92 Å². The number of ether oxygens (including phenoxy) is 1. The number of Topliss-reactive ketones (excluding diaryl/α,β-unsaturated/α-hetero) is 1. The van der Waals surface area contributed by atoms with Crippen LogP contribution in [0.2, 0.25) is 0 Å². The topological polar surface area (TPSA) is 105 Å². The molecule has 1 rings (SSSR count). The lowest BCUT2D eigenvalue weighted by Gasteiger charge is -2.22. The molecular weight excluding hydrogens is 288 g/mol. The highest BCUT2D eigenvalue weighted by molar-refractivity contribution is 5.85. The molecule has 124 valence electrons. The van der Waals surface area contributed by atoms with Gasteiger partial charge in [-0.1, -0.05) is 18.6 Å². The minimum Gasteiger partial charge on any atom is -0.480 e. The summed E-state index contributed by atoms with van der Waals surface area (Å²) >= 11 is 0. The smallest absolute Gasteiger partial charge is 0.407 e. The van der Waals surface area contributed by atoms with E-state index in [4.69, 9.17) is 5.11 Å². The Morgan fingerprint density at radius 1 is 1.27 bits per heavy atom. The fourth-order valence-electron chi connectivity index (χ4n) is 2.71. The van der Waals surface area contributed by atoms with E-state index in [2.05, 4.69) is 15.4 Å². The highest BCUT2D eigenvalue weighted by atomic mass is 16.5. The van der Waals surface area contributed by atoms with Crippen molar-refractivity contribution in [3.05, 3.63) is 11.6 Å². The van der Waals surface area contributed by atoms with Crippen molar-refractivity contribution in [3.8, 4) is 0 Å². The van der Waals surface area contributed by atoms with Crippen LogP contribution in [0.15, 0.2) is 11.6 Å². The summed E-state index contributed by atoms with van der Waals surface area (Å²) in [6.45, 7) is 5.14. The zero-order chi connectivity index (χ0) is 16.9. The first-order valence-corrected chi connectivity index (χ1v) is 7.28. The Morgan fingerprint density at radius 3 is 2.32 bits per heavy atom. The number of carboxylic acids is 1. The highest BCUT2D eigenvalue weighted by Crippen LogP contribution is 2.21. The van der Waals surface area contributed by atoms with Crippen LogP contribution in [0, 0.1) is 5.92 Å². The molecular formula is C15H24N2O5. The number of nitrogens with one attached hydrogen (secondary N) is 2. The monoisotopic (exact) mass is 312 g/mol.